The molecule has 0 unspecified atom stereocenters. The van der Waals surface area contributed by atoms with Crippen molar-refractivity contribution < 1.29 is 14.3 Å². The molecule has 1 atom stereocenters. The smallest absolute Gasteiger partial charge is 0.237 e. The first kappa shape index (κ1) is 16.7. The monoisotopic (exact) mass is 343 g/mol. The maximum atomic E-state index is 12.5. The first-order valence-corrected chi connectivity index (χ1v) is 8.85. The third-order valence-electron chi connectivity index (χ3n) is 3.83. The molecule has 1 N–H and O–H groups in total. The van der Waals surface area contributed by atoms with Crippen LogP contribution in [0, 0.1) is 13.8 Å². The third kappa shape index (κ3) is 3.85. The van der Waals surface area contributed by atoms with Crippen LogP contribution >= 0.6 is 11.8 Å². The van der Waals surface area contributed by atoms with E-state index in [9.17, 15) is 4.79 Å². The fraction of sp³-hybridized carbons (Fsp3) is 0.316. The lowest BCUT2D eigenvalue weighted by Crippen LogP contribution is -2.23. The zero-order chi connectivity index (χ0) is 17.1. The van der Waals surface area contributed by atoms with Gasteiger partial charge in [0, 0.05) is 16.6 Å². The first-order valence-electron chi connectivity index (χ1n) is 7.97. The van der Waals surface area contributed by atoms with E-state index in [-0.39, 0.29) is 11.2 Å². The van der Waals surface area contributed by atoms with Crippen LogP contribution in [0.4, 0.5) is 5.69 Å². The number of nitrogens with one attached hydrogen (secondary N) is 1. The van der Waals surface area contributed by atoms with Gasteiger partial charge in [0.05, 0.1) is 5.25 Å². The summed E-state index contributed by atoms with van der Waals surface area (Å²) in [6, 6.07) is 11.8. The molecule has 126 valence electrons. The predicted octanol–water partition coefficient (Wildman–Crippen LogP) is 4.19. The van der Waals surface area contributed by atoms with Gasteiger partial charge in [-0.05, 0) is 44.5 Å². The zero-order valence-corrected chi connectivity index (χ0v) is 14.9. The Morgan fingerprint density at radius 3 is 2.62 bits per heavy atom. The van der Waals surface area contributed by atoms with Gasteiger partial charge in [-0.1, -0.05) is 17.7 Å². The van der Waals surface area contributed by atoms with Crippen molar-refractivity contribution in [2.75, 3.05) is 18.5 Å². The number of thioether (sulfide) groups is 1. The highest BCUT2D eigenvalue weighted by molar-refractivity contribution is 8.00. The topological polar surface area (TPSA) is 47.6 Å². The molecule has 0 aromatic heterocycles. The van der Waals surface area contributed by atoms with Gasteiger partial charge in [-0.2, -0.15) is 0 Å². The molecule has 5 heteroatoms. The minimum Gasteiger partial charge on any atom is -0.486 e. The molecular weight excluding hydrogens is 322 g/mol. The maximum absolute atomic E-state index is 12.5. The van der Waals surface area contributed by atoms with E-state index in [1.54, 1.807) is 11.8 Å². The van der Waals surface area contributed by atoms with Gasteiger partial charge in [-0.3, -0.25) is 4.79 Å². The molecule has 3 rings (SSSR count). The molecule has 0 bridgehead atoms. The Morgan fingerprint density at radius 2 is 1.83 bits per heavy atom. The molecule has 1 aliphatic rings. The molecule has 1 heterocycles. The van der Waals surface area contributed by atoms with E-state index in [2.05, 4.69) is 37.4 Å². The van der Waals surface area contributed by atoms with Gasteiger partial charge >= 0.3 is 0 Å². The number of hydrogen-bond acceptors (Lipinski definition) is 4. The number of rotatable bonds is 4. The summed E-state index contributed by atoms with van der Waals surface area (Å²) in [6.07, 6.45) is 0. The summed E-state index contributed by atoms with van der Waals surface area (Å²) in [4.78, 5) is 13.6. The van der Waals surface area contributed by atoms with Gasteiger partial charge in [0.1, 0.15) is 13.2 Å². The molecule has 4 nitrogen and oxygen atoms in total. The van der Waals surface area contributed by atoms with Crippen molar-refractivity contribution in [3.8, 4) is 11.5 Å². The number of ether oxygens (including phenoxy) is 2. The van der Waals surface area contributed by atoms with E-state index in [1.165, 1.54) is 11.1 Å². The summed E-state index contributed by atoms with van der Waals surface area (Å²) in [5.74, 6) is 1.36. The van der Waals surface area contributed by atoms with Gasteiger partial charge in [0.2, 0.25) is 5.91 Å². The van der Waals surface area contributed by atoms with E-state index < -0.39 is 0 Å². The Kier molecular flexibility index (Phi) is 5.00. The first-order chi connectivity index (χ1) is 11.5. The summed E-state index contributed by atoms with van der Waals surface area (Å²) < 4.78 is 11.0. The van der Waals surface area contributed by atoms with Gasteiger partial charge in [-0.25, -0.2) is 0 Å². The lowest BCUT2D eigenvalue weighted by atomic mass is 10.2. The van der Waals surface area contributed by atoms with Crippen LogP contribution in [0.3, 0.4) is 0 Å². The second kappa shape index (κ2) is 7.18. The molecule has 2 aromatic rings. The number of amides is 1. The summed E-state index contributed by atoms with van der Waals surface area (Å²) >= 11 is 1.57. The molecule has 0 fully saturated rings. The Hall–Kier alpha value is -2.14. The van der Waals surface area contributed by atoms with Crippen molar-refractivity contribution in [2.45, 2.75) is 30.9 Å². The zero-order valence-electron chi connectivity index (χ0n) is 14.1. The number of fused-ring (bicyclic) bond motifs is 1. The number of hydrogen-bond donors (Lipinski definition) is 1. The molecule has 2 aromatic carbocycles. The van der Waals surface area contributed by atoms with Crippen LogP contribution in [-0.4, -0.2) is 24.4 Å². The van der Waals surface area contributed by atoms with Crippen molar-refractivity contribution in [3.05, 3.63) is 47.5 Å². The number of carbonyl (C=O) groups is 1. The summed E-state index contributed by atoms with van der Waals surface area (Å²) in [7, 11) is 0. The normalized spacial score (nSPS) is 14.1. The molecule has 0 spiro atoms. The van der Waals surface area contributed by atoms with Crippen molar-refractivity contribution in [1.82, 2.24) is 0 Å². The Balaban J connectivity index is 1.67. The largest absolute Gasteiger partial charge is 0.486 e. The fourth-order valence-electron chi connectivity index (χ4n) is 2.44. The number of aryl methyl sites for hydroxylation is 2. The average molecular weight is 343 g/mol. The number of anilines is 1. The highest BCUT2D eigenvalue weighted by Crippen LogP contribution is 2.33. The Labute approximate surface area is 146 Å². The highest BCUT2D eigenvalue weighted by Gasteiger charge is 2.17. The van der Waals surface area contributed by atoms with Gasteiger partial charge in [-0.15, -0.1) is 11.8 Å². The molecule has 0 saturated carbocycles. The summed E-state index contributed by atoms with van der Waals surface area (Å²) in [6.45, 7) is 7.13. The second-order valence-electron chi connectivity index (χ2n) is 5.88. The molecule has 0 aliphatic carbocycles. The summed E-state index contributed by atoms with van der Waals surface area (Å²) in [5.41, 5.74) is 3.10. The number of benzene rings is 2. The third-order valence-corrected chi connectivity index (χ3v) is 5.09. The second-order valence-corrected chi connectivity index (χ2v) is 7.26. The van der Waals surface area contributed by atoms with Gasteiger partial charge in [0.25, 0.3) is 0 Å². The van der Waals surface area contributed by atoms with Crippen LogP contribution in [0.5, 0.6) is 11.5 Å². The van der Waals surface area contributed by atoms with E-state index in [4.69, 9.17) is 9.47 Å². The maximum Gasteiger partial charge on any atom is 0.237 e. The van der Waals surface area contributed by atoms with E-state index >= 15 is 0 Å². The number of carbonyl (C=O) groups excluding carboxylic acids is 1. The molecular formula is C19H21NO3S. The SMILES string of the molecule is Cc1ccc(C)c(S[C@H](C)C(=O)Nc2ccc3c(c2)OCCO3)c1. The Morgan fingerprint density at radius 1 is 1.08 bits per heavy atom. The molecule has 1 amide bonds. The molecule has 0 saturated heterocycles. The standard InChI is InChI=1S/C19H21NO3S/c1-12-4-5-13(2)18(10-12)24-14(3)19(21)20-15-6-7-16-17(11-15)23-9-8-22-16/h4-7,10-11,14H,8-9H2,1-3H3,(H,20,21)/t14-/m1/s1. The van der Waals surface area contributed by atoms with Crippen molar-refractivity contribution >= 4 is 23.4 Å². The minimum absolute atomic E-state index is 0.0300. The minimum atomic E-state index is -0.196. The molecule has 0 radical (unpaired) electrons. The quantitative estimate of drug-likeness (QED) is 0.846. The highest BCUT2D eigenvalue weighted by atomic mass is 32.2. The lowest BCUT2D eigenvalue weighted by molar-refractivity contribution is -0.115. The Bertz CT molecular complexity index is 760. The molecule has 24 heavy (non-hydrogen) atoms. The van der Waals surface area contributed by atoms with E-state index in [0.29, 0.717) is 19.0 Å². The van der Waals surface area contributed by atoms with E-state index in [1.807, 2.05) is 25.1 Å². The summed E-state index contributed by atoms with van der Waals surface area (Å²) in [5, 5.41) is 2.76. The fourth-order valence-corrected chi connectivity index (χ4v) is 3.50. The van der Waals surface area contributed by atoms with Crippen LogP contribution < -0.4 is 14.8 Å². The predicted molar refractivity (Wildman–Crippen MR) is 97.3 cm³/mol. The van der Waals surface area contributed by atoms with Crippen molar-refractivity contribution in [3.63, 3.8) is 0 Å². The van der Waals surface area contributed by atoms with Crippen molar-refractivity contribution in [1.29, 1.82) is 0 Å². The van der Waals surface area contributed by atoms with Crippen LogP contribution in [0.1, 0.15) is 18.1 Å². The molecule has 1 aliphatic heterocycles. The average Bonchev–Trinajstić information content (AvgIpc) is 2.58. The van der Waals surface area contributed by atoms with Crippen molar-refractivity contribution in [2.24, 2.45) is 0 Å². The van der Waals surface area contributed by atoms with Crippen LogP contribution in [-0.2, 0) is 4.79 Å². The van der Waals surface area contributed by atoms with Crippen LogP contribution in [0.2, 0.25) is 0 Å². The van der Waals surface area contributed by atoms with E-state index in [0.717, 1.165) is 16.3 Å². The van der Waals surface area contributed by atoms with Crippen LogP contribution in [0.25, 0.3) is 0 Å². The van der Waals surface area contributed by atoms with Gasteiger partial charge < -0.3 is 14.8 Å². The van der Waals surface area contributed by atoms with Gasteiger partial charge in [0.15, 0.2) is 11.5 Å². The van der Waals surface area contributed by atoms with Crippen LogP contribution in [0.15, 0.2) is 41.3 Å². The lowest BCUT2D eigenvalue weighted by Gasteiger charge is -2.19.